The Hall–Kier alpha value is -1.84. The lowest BCUT2D eigenvalue weighted by molar-refractivity contribution is -0.158. The summed E-state index contributed by atoms with van der Waals surface area (Å²) < 4.78 is 9.47. The van der Waals surface area contributed by atoms with Crippen molar-refractivity contribution in [2.45, 2.75) is 33.1 Å². The molecule has 0 aromatic heterocycles. The summed E-state index contributed by atoms with van der Waals surface area (Å²) in [4.78, 5) is 22.4. The third-order valence-corrected chi connectivity index (χ3v) is 2.71. The maximum Gasteiger partial charge on any atom is 0.344 e. The highest BCUT2D eigenvalue weighted by Crippen LogP contribution is 2.07. The van der Waals surface area contributed by atoms with Crippen LogP contribution in [0.4, 0.5) is 0 Å². The maximum absolute atomic E-state index is 11.4. The number of rotatable bonds is 7. The van der Waals surface area contributed by atoms with Gasteiger partial charge in [0.1, 0.15) is 0 Å². The Labute approximate surface area is 113 Å². The van der Waals surface area contributed by atoms with Crippen LogP contribution in [0.5, 0.6) is 0 Å². The average molecular weight is 264 g/mol. The number of carbonyl (C=O) groups is 2. The highest BCUT2D eigenvalue weighted by atomic mass is 16.6. The Morgan fingerprint density at radius 1 is 0.947 bits per heavy atom. The average Bonchev–Trinajstić information content (AvgIpc) is 2.44. The monoisotopic (exact) mass is 264 g/mol. The van der Waals surface area contributed by atoms with Crippen molar-refractivity contribution in [2.75, 3.05) is 13.2 Å². The van der Waals surface area contributed by atoms with Crippen molar-refractivity contribution in [2.24, 2.45) is 0 Å². The SMILES string of the molecule is CCOC(=O)COC(=O)CCc1ccc(CC)cc1. The zero-order valence-electron chi connectivity index (χ0n) is 11.5. The van der Waals surface area contributed by atoms with Crippen molar-refractivity contribution >= 4 is 11.9 Å². The molecule has 0 unspecified atom stereocenters. The van der Waals surface area contributed by atoms with Crippen LogP contribution >= 0.6 is 0 Å². The van der Waals surface area contributed by atoms with Crippen LogP contribution in [0.25, 0.3) is 0 Å². The molecule has 1 rings (SSSR count). The third kappa shape index (κ3) is 6.04. The fourth-order valence-corrected chi connectivity index (χ4v) is 1.60. The van der Waals surface area contributed by atoms with E-state index in [4.69, 9.17) is 4.74 Å². The molecule has 0 saturated carbocycles. The molecule has 0 N–H and O–H groups in total. The van der Waals surface area contributed by atoms with Crippen molar-refractivity contribution in [3.8, 4) is 0 Å². The zero-order chi connectivity index (χ0) is 14.1. The van der Waals surface area contributed by atoms with Gasteiger partial charge in [-0.15, -0.1) is 0 Å². The first-order valence-corrected chi connectivity index (χ1v) is 6.54. The van der Waals surface area contributed by atoms with E-state index in [0.717, 1.165) is 12.0 Å². The summed E-state index contributed by atoms with van der Waals surface area (Å²) in [5.74, 6) is -0.893. The molecule has 0 spiro atoms. The van der Waals surface area contributed by atoms with Gasteiger partial charge in [0, 0.05) is 6.42 Å². The molecular weight excluding hydrogens is 244 g/mol. The van der Waals surface area contributed by atoms with E-state index in [1.54, 1.807) is 6.92 Å². The first-order chi connectivity index (χ1) is 9.15. The highest BCUT2D eigenvalue weighted by Gasteiger charge is 2.08. The van der Waals surface area contributed by atoms with Gasteiger partial charge in [-0.1, -0.05) is 31.2 Å². The minimum Gasteiger partial charge on any atom is -0.463 e. The number of ether oxygens (including phenoxy) is 2. The normalized spacial score (nSPS) is 10.0. The van der Waals surface area contributed by atoms with Crippen LogP contribution in [0.3, 0.4) is 0 Å². The van der Waals surface area contributed by atoms with Gasteiger partial charge in [0.25, 0.3) is 0 Å². The standard InChI is InChI=1S/C15H20O4/c1-3-12-5-7-13(8-6-12)9-10-14(16)19-11-15(17)18-4-2/h5-8H,3-4,9-11H2,1-2H3. The molecule has 0 fully saturated rings. The van der Waals surface area contributed by atoms with Gasteiger partial charge < -0.3 is 9.47 Å². The Balaban J connectivity index is 2.27. The van der Waals surface area contributed by atoms with Gasteiger partial charge in [-0.2, -0.15) is 0 Å². The Morgan fingerprint density at radius 2 is 1.58 bits per heavy atom. The summed E-state index contributed by atoms with van der Waals surface area (Å²) in [5.41, 5.74) is 2.36. The fourth-order valence-electron chi connectivity index (χ4n) is 1.60. The molecular formula is C15H20O4. The summed E-state index contributed by atoms with van der Waals surface area (Å²) in [6.07, 6.45) is 1.89. The van der Waals surface area contributed by atoms with E-state index in [1.807, 2.05) is 12.1 Å². The lowest BCUT2D eigenvalue weighted by Gasteiger charge is -2.05. The number of hydrogen-bond acceptors (Lipinski definition) is 4. The minimum absolute atomic E-state index is 0.269. The molecule has 104 valence electrons. The molecule has 4 heteroatoms. The van der Waals surface area contributed by atoms with Crippen LogP contribution < -0.4 is 0 Å². The van der Waals surface area contributed by atoms with Crippen LogP contribution in [-0.2, 0) is 31.9 Å². The second kappa shape index (κ2) is 8.29. The molecule has 0 bridgehead atoms. The van der Waals surface area contributed by atoms with Crippen molar-refractivity contribution < 1.29 is 19.1 Å². The second-order valence-electron chi connectivity index (χ2n) is 4.14. The van der Waals surface area contributed by atoms with Crippen LogP contribution in [0.2, 0.25) is 0 Å². The molecule has 0 atom stereocenters. The van der Waals surface area contributed by atoms with E-state index in [0.29, 0.717) is 13.0 Å². The van der Waals surface area contributed by atoms with Crippen molar-refractivity contribution in [3.63, 3.8) is 0 Å². The lowest BCUT2D eigenvalue weighted by Crippen LogP contribution is -2.16. The summed E-state index contributed by atoms with van der Waals surface area (Å²) in [5, 5.41) is 0. The molecule has 0 heterocycles. The predicted molar refractivity (Wildman–Crippen MR) is 71.7 cm³/mol. The molecule has 4 nitrogen and oxygen atoms in total. The number of benzene rings is 1. The maximum atomic E-state index is 11.4. The van der Waals surface area contributed by atoms with Crippen LogP contribution in [0.1, 0.15) is 31.4 Å². The number of esters is 2. The third-order valence-electron chi connectivity index (χ3n) is 2.71. The first-order valence-electron chi connectivity index (χ1n) is 6.54. The van der Waals surface area contributed by atoms with E-state index < -0.39 is 5.97 Å². The van der Waals surface area contributed by atoms with E-state index >= 15 is 0 Å². The molecule has 1 aromatic rings. The molecule has 1 aromatic carbocycles. The summed E-state index contributed by atoms with van der Waals surface area (Å²) in [6.45, 7) is 3.79. The summed E-state index contributed by atoms with van der Waals surface area (Å²) in [7, 11) is 0. The smallest absolute Gasteiger partial charge is 0.344 e. The number of aryl methyl sites for hydroxylation is 2. The Morgan fingerprint density at radius 3 is 2.16 bits per heavy atom. The van der Waals surface area contributed by atoms with E-state index in [-0.39, 0.29) is 19.0 Å². The van der Waals surface area contributed by atoms with Gasteiger partial charge in [-0.3, -0.25) is 4.79 Å². The van der Waals surface area contributed by atoms with Gasteiger partial charge >= 0.3 is 11.9 Å². The molecule has 0 aliphatic carbocycles. The second-order valence-corrected chi connectivity index (χ2v) is 4.14. The fraction of sp³-hybridized carbons (Fsp3) is 0.467. The lowest BCUT2D eigenvalue weighted by atomic mass is 10.1. The van der Waals surface area contributed by atoms with Crippen LogP contribution in [0.15, 0.2) is 24.3 Å². The molecule has 0 aliphatic heterocycles. The van der Waals surface area contributed by atoms with Crippen LogP contribution in [-0.4, -0.2) is 25.2 Å². The van der Waals surface area contributed by atoms with E-state index in [1.165, 1.54) is 5.56 Å². The largest absolute Gasteiger partial charge is 0.463 e. The summed E-state index contributed by atoms with van der Waals surface area (Å²) in [6, 6.07) is 8.13. The predicted octanol–water partition coefficient (Wildman–Crippen LogP) is 2.29. The van der Waals surface area contributed by atoms with Gasteiger partial charge in [0.15, 0.2) is 6.61 Å². The molecule has 0 aliphatic rings. The van der Waals surface area contributed by atoms with Gasteiger partial charge in [-0.05, 0) is 30.9 Å². The van der Waals surface area contributed by atoms with E-state index in [9.17, 15) is 9.59 Å². The Bertz CT molecular complexity index is 409. The number of carbonyl (C=O) groups excluding carboxylic acids is 2. The van der Waals surface area contributed by atoms with Gasteiger partial charge in [-0.25, -0.2) is 4.79 Å². The van der Waals surface area contributed by atoms with Crippen molar-refractivity contribution in [1.82, 2.24) is 0 Å². The molecule has 0 radical (unpaired) electrons. The topological polar surface area (TPSA) is 52.6 Å². The molecule has 0 saturated heterocycles. The molecule has 0 amide bonds. The van der Waals surface area contributed by atoms with Gasteiger partial charge in [0.05, 0.1) is 6.61 Å². The first kappa shape index (κ1) is 15.2. The summed E-state index contributed by atoms with van der Waals surface area (Å²) >= 11 is 0. The zero-order valence-corrected chi connectivity index (χ0v) is 11.5. The van der Waals surface area contributed by atoms with Crippen molar-refractivity contribution in [1.29, 1.82) is 0 Å². The van der Waals surface area contributed by atoms with Gasteiger partial charge in [0.2, 0.25) is 0 Å². The van der Waals surface area contributed by atoms with E-state index in [2.05, 4.69) is 23.8 Å². The number of hydrogen-bond donors (Lipinski definition) is 0. The highest BCUT2D eigenvalue weighted by molar-refractivity contribution is 5.76. The van der Waals surface area contributed by atoms with Crippen molar-refractivity contribution in [3.05, 3.63) is 35.4 Å². The minimum atomic E-state index is -0.511. The van der Waals surface area contributed by atoms with Crippen LogP contribution in [0, 0.1) is 0 Å². The Kier molecular flexibility index (Phi) is 6.64. The quantitative estimate of drug-likeness (QED) is 0.709. The molecule has 19 heavy (non-hydrogen) atoms.